The summed E-state index contributed by atoms with van der Waals surface area (Å²) < 4.78 is 26.5. The van der Waals surface area contributed by atoms with Crippen molar-refractivity contribution in [1.82, 2.24) is 30.3 Å². The third-order valence-electron chi connectivity index (χ3n) is 2.39. The molecular weight excluding hydrogens is 270 g/mol. The highest BCUT2D eigenvalue weighted by Gasteiger charge is 2.21. The van der Waals surface area contributed by atoms with Crippen LogP contribution in [-0.4, -0.2) is 34.0 Å². The maximum Gasteiger partial charge on any atom is 0.258 e. The van der Waals surface area contributed by atoms with E-state index in [2.05, 4.69) is 30.3 Å². The molecule has 19 heavy (non-hydrogen) atoms. The first-order chi connectivity index (χ1) is 9.03. The van der Waals surface area contributed by atoms with Crippen molar-refractivity contribution >= 4 is 10.0 Å². The number of pyridine rings is 1. The fraction of sp³-hybridized carbons (Fsp3) is 0.333. The van der Waals surface area contributed by atoms with Gasteiger partial charge in [0, 0.05) is 12.7 Å². The Bertz CT molecular complexity index is 623. The van der Waals surface area contributed by atoms with Crippen LogP contribution in [0.3, 0.4) is 0 Å². The Hall–Kier alpha value is -1.91. The first-order valence-electron chi connectivity index (χ1n) is 5.43. The number of rotatable bonds is 5. The lowest BCUT2D eigenvalue weighted by Gasteiger charge is -2.10. The lowest BCUT2D eigenvalue weighted by molar-refractivity contribution is 0.556. The molecule has 0 bridgehead atoms. The molecule has 4 N–H and O–H groups in total. The summed E-state index contributed by atoms with van der Waals surface area (Å²) in [6, 6.07) is 2.40. The molecule has 10 heteroatoms. The SMILES string of the molecule is CC(NS(=O)(=O)c1ccc(CN)cn1)c1nn[nH]n1. The first kappa shape index (κ1) is 13.5. The lowest BCUT2D eigenvalue weighted by Crippen LogP contribution is -2.28. The predicted molar refractivity (Wildman–Crippen MR) is 65.0 cm³/mol. The summed E-state index contributed by atoms with van der Waals surface area (Å²) in [5.41, 5.74) is 6.18. The molecular formula is C9H13N7O2S. The van der Waals surface area contributed by atoms with E-state index in [9.17, 15) is 8.42 Å². The molecule has 1 unspecified atom stereocenters. The second-order valence-corrected chi connectivity index (χ2v) is 5.48. The van der Waals surface area contributed by atoms with Gasteiger partial charge >= 0.3 is 0 Å². The Morgan fingerprint density at radius 1 is 1.47 bits per heavy atom. The zero-order valence-corrected chi connectivity index (χ0v) is 10.9. The van der Waals surface area contributed by atoms with Crippen molar-refractivity contribution in [3.8, 4) is 0 Å². The number of sulfonamides is 1. The van der Waals surface area contributed by atoms with E-state index in [1.54, 1.807) is 13.0 Å². The minimum absolute atomic E-state index is 0.0833. The normalized spacial score (nSPS) is 13.4. The van der Waals surface area contributed by atoms with Gasteiger partial charge in [-0.3, -0.25) is 0 Å². The molecule has 0 aliphatic heterocycles. The van der Waals surface area contributed by atoms with Crippen LogP contribution in [0.1, 0.15) is 24.4 Å². The number of tetrazole rings is 1. The summed E-state index contributed by atoms with van der Waals surface area (Å²) in [7, 11) is -3.73. The van der Waals surface area contributed by atoms with Crippen molar-refractivity contribution in [3.63, 3.8) is 0 Å². The molecule has 2 rings (SSSR count). The monoisotopic (exact) mass is 283 g/mol. The van der Waals surface area contributed by atoms with Crippen LogP contribution < -0.4 is 10.5 Å². The highest BCUT2D eigenvalue weighted by atomic mass is 32.2. The zero-order valence-electron chi connectivity index (χ0n) is 10.1. The van der Waals surface area contributed by atoms with E-state index in [0.717, 1.165) is 5.56 Å². The highest BCUT2D eigenvalue weighted by molar-refractivity contribution is 7.89. The molecule has 0 amide bonds. The number of hydrogen-bond acceptors (Lipinski definition) is 7. The second-order valence-electron chi connectivity index (χ2n) is 3.82. The molecule has 1 atom stereocenters. The van der Waals surface area contributed by atoms with Crippen LogP contribution in [0, 0.1) is 0 Å². The van der Waals surface area contributed by atoms with Gasteiger partial charge < -0.3 is 5.73 Å². The maximum absolute atomic E-state index is 12.0. The van der Waals surface area contributed by atoms with Crippen molar-refractivity contribution in [2.45, 2.75) is 24.5 Å². The highest BCUT2D eigenvalue weighted by Crippen LogP contribution is 2.11. The summed E-state index contributed by atoms with van der Waals surface area (Å²) in [5, 5.41) is 13.0. The largest absolute Gasteiger partial charge is 0.326 e. The van der Waals surface area contributed by atoms with Gasteiger partial charge in [0.1, 0.15) is 0 Å². The minimum Gasteiger partial charge on any atom is -0.326 e. The minimum atomic E-state index is -3.73. The van der Waals surface area contributed by atoms with Crippen LogP contribution in [0.5, 0.6) is 0 Å². The van der Waals surface area contributed by atoms with Crippen LogP contribution in [0.15, 0.2) is 23.4 Å². The van der Waals surface area contributed by atoms with Crippen molar-refractivity contribution in [3.05, 3.63) is 29.7 Å². The van der Waals surface area contributed by atoms with Gasteiger partial charge in [0.15, 0.2) is 10.9 Å². The van der Waals surface area contributed by atoms with Crippen LogP contribution in [0.25, 0.3) is 0 Å². The lowest BCUT2D eigenvalue weighted by atomic mass is 10.3. The predicted octanol–water partition coefficient (Wildman–Crippen LogP) is -0.907. The third kappa shape index (κ3) is 3.10. The summed E-state index contributed by atoms with van der Waals surface area (Å²) >= 11 is 0. The van der Waals surface area contributed by atoms with Gasteiger partial charge in [-0.1, -0.05) is 11.3 Å². The Kier molecular flexibility index (Phi) is 3.83. The summed E-state index contributed by atoms with van der Waals surface area (Å²) in [5.74, 6) is 0.252. The van der Waals surface area contributed by atoms with Crippen LogP contribution >= 0.6 is 0 Å². The van der Waals surface area contributed by atoms with Gasteiger partial charge in [0.05, 0.1) is 6.04 Å². The van der Waals surface area contributed by atoms with Gasteiger partial charge in [-0.15, -0.1) is 10.2 Å². The number of aromatic amines is 1. The van der Waals surface area contributed by atoms with E-state index in [1.165, 1.54) is 12.3 Å². The number of nitrogens with zero attached hydrogens (tertiary/aromatic N) is 4. The van der Waals surface area contributed by atoms with Crippen molar-refractivity contribution < 1.29 is 8.42 Å². The molecule has 0 radical (unpaired) electrons. The Morgan fingerprint density at radius 2 is 2.26 bits per heavy atom. The number of nitrogens with one attached hydrogen (secondary N) is 2. The van der Waals surface area contributed by atoms with E-state index in [4.69, 9.17) is 5.73 Å². The van der Waals surface area contributed by atoms with E-state index < -0.39 is 16.1 Å². The molecule has 0 aliphatic rings. The van der Waals surface area contributed by atoms with Gasteiger partial charge in [0.2, 0.25) is 0 Å². The number of nitrogens with two attached hydrogens (primary N) is 1. The second kappa shape index (κ2) is 5.38. The maximum atomic E-state index is 12.0. The Balaban J connectivity index is 2.17. The fourth-order valence-corrected chi connectivity index (χ4v) is 2.52. The van der Waals surface area contributed by atoms with E-state index in [1.807, 2.05) is 0 Å². The first-order valence-corrected chi connectivity index (χ1v) is 6.92. The van der Waals surface area contributed by atoms with Crippen LogP contribution in [0.2, 0.25) is 0 Å². The van der Waals surface area contributed by atoms with E-state index >= 15 is 0 Å². The molecule has 0 fully saturated rings. The van der Waals surface area contributed by atoms with Crippen molar-refractivity contribution in [2.24, 2.45) is 5.73 Å². The van der Waals surface area contributed by atoms with Crippen molar-refractivity contribution in [1.29, 1.82) is 0 Å². The molecule has 0 aromatic carbocycles. The molecule has 102 valence electrons. The Morgan fingerprint density at radius 3 is 2.79 bits per heavy atom. The van der Waals surface area contributed by atoms with Gasteiger partial charge in [-0.05, 0) is 18.6 Å². The summed E-state index contributed by atoms with van der Waals surface area (Å²) in [4.78, 5) is 3.86. The average Bonchev–Trinajstić information content (AvgIpc) is 2.92. The summed E-state index contributed by atoms with van der Waals surface area (Å²) in [6.07, 6.45) is 1.42. The van der Waals surface area contributed by atoms with Gasteiger partial charge in [-0.2, -0.15) is 9.94 Å². The molecule has 2 aromatic rings. The topological polar surface area (TPSA) is 140 Å². The standard InChI is InChI=1S/C9H13N7O2S/c1-6(9-12-15-16-13-9)14-19(17,18)8-3-2-7(4-10)5-11-8/h2-3,5-6,14H,4,10H2,1H3,(H,12,13,15,16). The number of H-pyrrole nitrogens is 1. The Labute approximate surface area is 109 Å². The molecule has 0 saturated heterocycles. The number of hydrogen-bond donors (Lipinski definition) is 3. The molecule has 0 aliphatic carbocycles. The van der Waals surface area contributed by atoms with Crippen LogP contribution in [0.4, 0.5) is 0 Å². The van der Waals surface area contributed by atoms with E-state index in [-0.39, 0.29) is 10.9 Å². The smallest absolute Gasteiger partial charge is 0.258 e. The quantitative estimate of drug-likeness (QED) is 0.645. The molecule has 0 spiro atoms. The van der Waals surface area contributed by atoms with Gasteiger partial charge in [-0.25, -0.2) is 13.4 Å². The van der Waals surface area contributed by atoms with Crippen LogP contribution in [-0.2, 0) is 16.6 Å². The summed E-state index contributed by atoms with van der Waals surface area (Å²) in [6.45, 7) is 1.91. The molecule has 2 heterocycles. The fourth-order valence-electron chi connectivity index (χ4n) is 1.39. The molecule has 0 saturated carbocycles. The molecule has 9 nitrogen and oxygen atoms in total. The van der Waals surface area contributed by atoms with E-state index in [0.29, 0.717) is 6.54 Å². The van der Waals surface area contributed by atoms with Gasteiger partial charge in [0.25, 0.3) is 10.0 Å². The third-order valence-corrected chi connectivity index (χ3v) is 3.85. The number of aromatic nitrogens is 5. The zero-order chi connectivity index (χ0) is 13.9. The van der Waals surface area contributed by atoms with Crippen molar-refractivity contribution in [2.75, 3.05) is 0 Å². The average molecular weight is 283 g/mol. The molecule has 2 aromatic heterocycles.